The Morgan fingerprint density at radius 3 is 2.89 bits per heavy atom. The fourth-order valence-electron chi connectivity index (χ4n) is 2.06. The third-order valence-electron chi connectivity index (χ3n) is 3.02. The van der Waals surface area contributed by atoms with Crippen molar-refractivity contribution in [3.05, 3.63) is 36.7 Å². The molecule has 3 aromatic rings. The van der Waals surface area contributed by atoms with Crippen molar-refractivity contribution in [1.82, 2.24) is 19.4 Å². The fourth-order valence-corrected chi connectivity index (χ4v) is 2.06. The summed E-state index contributed by atoms with van der Waals surface area (Å²) in [6.07, 6.45) is 3.46. The third-order valence-corrected chi connectivity index (χ3v) is 3.02. The molecule has 3 aromatic heterocycles. The van der Waals surface area contributed by atoms with E-state index < -0.39 is 0 Å². The summed E-state index contributed by atoms with van der Waals surface area (Å²) in [4.78, 5) is 11.2. The second kappa shape index (κ2) is 4.85. The summed E-state index contributed by atoms with van der Waals surface area (Å²) in [7, 11) is 4.11. The van der Waals surface area contributed by atoms with Crippen molar-refractivity contribution in [2.75, 3.05) is 20.6 Å². The predicted molar refractivity (Wildman–Crippen MR) is 73.8 cm³/mol. The van der Waals surface area contributed by atoms with Crippen molar-refractivity contribution in [2.24, 2.45) is 0 Å². The second-order valence-corrected chi connectivity index (χ2v) is 4.71. The molecular weight excluding hydrogens is 240 g/mol. The van der Waals surface area contributed by atoms with Gasteiger partial charge in [0.25, 0.3) is 0 Å². The van der Waals surface area contributed by atoms with Crippen LogP contribution < -0.4 is 0 Å². The van der Waals surface area contributed by atoms with Gasteiger partial charge in [0.15, 0.2) is 17.2 Å². The van der Waals surface area contributed by atoms with Gasteiger partial charge in [0.2, 0.25) is 0 Å². The smallest absolute Gasteiger partial charge is 0.178 e. The topological polar surface area (TPSA) is 47.1 Å². The molecule has 0 radical (unpaired) electrons. The Bertz CT molecular complexity index is 670. The molecule has 98 valence electrons. The molecule has 0 amide bonds. The van der Waals surface area contributed by atoms with E-state index in [9.17, 15) is 0 Å². The van der Waals surface area contributed by atoms with Gasteiger partial charge in [-0.25, -0.2) is 9.97 Å². The minimum Gasteiger partial charge on any atom is -0.461 e. The number of aromatic nitrogens is 3. The van der Waals surface area contributed by atoms with Gasteiger partial charge in [0.05, 0.1) is 6.26 Å². The summed E-state index contributed by atoms with van der Waals surface area (Å²) in [6, 6.07) is 7.67. The van der Waals surface area contributed by atoms with Crippen molar-refractivity contribution in [1.29, 1.82) is 0 Å². The van der Waals surface area contributed by atoms with Gasteiger partial charge in [0, 0.05) is 19.3 Å². The first-order valence-corrected chi connectivity index (χ1v) is 6.25. The van der Waals surface area contributed by atoms with Crippen LogP contribution in [0.3, 0.4) is 0 Å². The van der Waals surface area contributed by atoms with E-state index in [0.717, 1.165) is 35.8 Å². The number of likely N-dealkylation sites (N-methyl/N-ethyl adjacent to an activating group) is 1. The van der Waals surface area contributed by atoms with E-state index >= 15 is 0 Å². The molecule has 0 fully saturated rings. The van der Waals surface area contributed by atoms with E-state index in [-0.39, 0.29) is 0 Å². The minimum atomic E-state index is 0.775. The average Bonchev–Trinajstić information content (AvgIpc) is 3.03. The van der Waals surface area contributed by atoms with Crippen molar-refractivity contribution in [2.45, 2.75) is 6.54 Å². The van der Waals surface area contributed by atoms with Crippen LogP contribution in [-0.2, 0) is 6.54 Å². The Morgan fingerprint density at radius 2 is 2.16 bits per heavy atom. The molecule has 0 saturated heterocycles. The molecule has 0 aliphatic rings. The Morgan fingerprint density at radius 1 is 1.26 bits per heavy atom. The quantitative estimate of drug-likeness (QED) is 0.718. The Hall–Kier alpha value is -2.14. The lowest BCUT2D eigenvalue weighted by Crippen LogP contribution is -2.19. The van der Waals surface area contributed by atoms with Crippen LogP contribution in [0.4, 0.5) is 0 Å². The van der Waals surface area contributed by atoms with Crippen LogP contribution in [-0.4, -0.2) is 40.1 Å². The molecule has 0 aromatic carbocycles. The highest BCUT2D eigenvalue weighted by Gasteiger charge is 2.15. The van der Waals surface area contributed by atoms with Gasteiger partial charge in [0.1, 0.15) is 5.52 Å². The van der Waals surface area contributed by atoms with E-state index in [4.69, 9.17) is 4.42 Å². The number of pyridine rings is 1. The Balaban J connectivity index is 2.11. The van der Waals surface area contributed by atoms with Gasteiger partial charge < -0.3 is 13.9 Å². The maximum absolute atomic E-state index is 5.47. The van der Waals surface area contributed by atoms with Crippen LogP contribution in [0.1, 0.15) is 0 Å². The highest BCUT2D eigenvalue weighted by atomic mass is 16.3. The summed E-state index contributed by atoms with van der Waals surface area (Å²) in [5, 5.41) is 0. The van der Waals surface area contributed by atoms with Gasteiger partial charge in [-0.05, 0) is 38.4 Å². The van der Waals surface area contributed by atoms with Crippen molar-refractivity contribution in [3.8, 4) is 11.6 Å². The Labute approximate surface area is 111 Å². The summed E-state index contributed by atoms with van der Waals surface area (Å²) < 4.78 is 7.58. The maximum atomic E-state index is 5.47. The number of furan rings is 1. The molecule has 0 atom stereocenters. The molecule has 0 N–H and O–H groups in total. The van der Waals surface area contributed by atoms with Crippen molar-refractivity contribution >= 4 is 11.2 Å². The largest absolute Gasteiger partial charge is 0.461 e. The first-order chi connectivity index (χ1) is 9.25. The monoisotopic (exact) mass is 256 g/mol. The van der Waals surface area contributed by atoms with E-state index in [1.54, 1.807) is 12.5 Å². The lowest BCUT2D eigenvalue weighted by Gasteiger charge is -2.11. The molecule has 5 nitrogen and oxygen atoms in total. The standard InChI is InChI=1S/C14H16N4O/c1-17(2)8-9-18-13-11(5-3-7-15-13)16-14(18)12-6-4-10-19-12/h3-7,10H,8-9H2,1-2H3. The van der Waals surface area contributed by atoms with Gasteiger partial charge in [-0.2, -0.15) is 0 Å². The molecule has 3 heterocycles. The normalized spacial score (nSPS) is 11.5. The highest BCUT2D eigenvalue weighted by molar-refractivity contribution is 5.75. The summed E-state index contributed by atoms with van der Waals surface area (Å²) in [5.74, 6) is 1.61. The van der Waals surface area contributed by atoms with Gasteiger partial charge >= 0.3 is 0 Å². The van der Waals surface area contributed by atoms with Crippen LogP contribution in [0.5, 0.6) is 0 Å². The molecule has 0 spiro atoms. The van der Waals surface area contributed by atoms with Crippen LogP contribution in [0.15, 0.2) is 41.1 Å². The molecule has 0 unspecified atom stereocenters. The zero-order valence-electron chi connectivity index (χ0n) is 11.1. The van der Waals surface area contributed by atoms with E-state index in [1.165, 1.54) is 0 Å². The Kier molecular flexibility index (Phi) is 3.05. The predicted octanol–water partition coefficient (Wildman–Crippen LogP) is 2.25. The molecule has 0 saturated carbocycles. The third kappa shape index (κ3) is 2.24. The van der Waals surface area contributed by atoms with Crippen LogP contribution in [0.2, 0.25) is 0 Å². The van der Waals surface area contributed by atoms with Crippen molar-refractivity contribution < 1.29 is 4.42 Å². The van der Waals surface area contributed by atoms with Crippen LogP contribution >= 0.6 is 0 Å². The zero-order chi connectivity index (χ0) is 13.2. The van der Waals surface area contributed by atoms with Gasteiger partial charge in [-0.15, -0.1) is 0 Å². The molecule has 5 heteroatoms. The first kappa shape index (κ1) is 11.9. The number of nitrogens with zero attached hydrogens (tertiary/aromatic N) is 4. The van der Waals surface area contributed by atoms with Gasteiger partial charge in [-0.3, -0.25) is 0 Å². The molecular formula is C14H16N4O. The second-order valence-electron chi connectivity index (χ2n) is 4.71. The van der Waals surface area contributed by atoms with Crippen LogP contribution in [0, 0.1) is 0 Å². The molecule has 0 bridgehead atoms. The number of rotatable bonds is 4. The fraction of sp³-hybridized carbons (Fsp3) is 0.286. The average molecular weight is 256 g/mol. The first-order valence-electron chi connectivity index (χ1n) is 6.25. The van der Waals surface area contributed by atoms with E-state index in [0.29, 0.717) is 0 Å². The van der Waals surface area contributed by atoms with Gasteiger partial charge in [-0.1, -0.05) is 0 Å². The number of hydrogen-bond acceptors (Lipinski definition) is 4. The maximum Gasteiger partial charge on any atom is 0.178 e. The van der Waals surface area contributed by atoms with E-state index in [2.05, 4.69) is 33.5 Å². The lowest BCUT2D eigenvalue weighted by molar-refractivity contribution is 0.386. The molecule has 19 heavy (non-hydrogen) atoms. The SMILES string of the molecule is CN(C)CCn1c(-c2ccco2)nc2cccnc21. The summed E-state index contributed by atoms with van der Waals surface area (Å²) in [6.45, 7) is 1.76. The summed E-state index contributed by atoms with van der Waals surface area (Å²) in [5.41, 5.74) is 1.79. The molecule has 0 aliphatic carbocycles. The number of imidazole rings is 1. The molecule has 0 aliphatic heterocycles. The van der Waals surface area contributed by atoms with E-state index in [1.807, 2.05) is 24.3 Å². The highest BCUT2D eigenvalue weighted by Crippen LogP contribution is 2.23. The summed E-state index contributed by atoms with van der Waals surface area (Å²) >= 11 is 0. The number of hydrogen-bond donors (Lipinski definition) is 0. The minimum absolute atomic E-state index is 0.775. The number of fused-ring (bicyclic) bond motifs is 1. The lowest BCUT2D eigenvalue weighted by atomic mass is 10.4. The zero-order valence-corrected chi connectivity index (χ0v) is 11.1. The molecule has 3 rings (SSSR count). The van der Waals surface area contributed by atoms with Crippen molar-refractivity contribution in [3.63, 3.8) is 0 Å². The van der Waals surface area contributed by atoms with Crippen LogP contribution in [0.25, 0.3) is 22.7 Å².